The van der Waals surface area contributed by atoms with E-state index in [4.69, 9.17) is 0 Å². The van der Waals surface area contributed by atoms with Gasteiger partial charge < -0.3 is 0 Å². The normalized spacial score (nSPS) is 10.8. The molecule has 0 aliphatic carbocycles. The molecule has 5 heteroatoms. The summed E-state index contributed by atoms with van der Waals surface area (Å²) in [5.41, 5.74) is 4.94. The molecule has 0 bridgehead atoms. The highest BCUT2D eigenvalue weighted by Crippen LogP contribution is 2.37. The van der Waals surface area contributed by atoms with E-state index in [1.165, 1.54) is 0 Å². The van der Waals surface area contributed by atoms with Crippen molar-refractivity contribution in [3.8, 4) is 22.3 Å². The first kappa shape index (κ1) is 18.9. The average Bonchev–Trinajstić information content (AvgIpc) is 2.85. The van der Waals surface area contributed by atoms with Crippen molar-refractivity contribution in [2.45, 2.75) is 0 Å². The quantitative estimate of drug-likeness (QED) is 0.191. The van der Waals surface area contributed by atoms with E-state index in [0.717, 1.165) is 43.8 Å². The van der Waals surface area contributed by atoms with Crippen LogP contribution in [0.15, 0.2) is 113 Å². The van der Waals surface area contributed by atoms with Gasteiger partial charge in [0, 0.05) is 0 Å². The van der Waals surface area contributed by atoms with Crippen molar-refractivity contribution in [2.24, 2.45) is 10.2 Å². The molecule has 0 aliphatic rings. The Bertz CT molecular complexity index is 1370. The maximum atomic E-state index is 11.4. The van der Waals surface area contributed by atoms with Crippen molar-refractivity contribution in [1.82, 2.24) is 0 Å². The topological polar surface area (TPSA) is 58.9 Å². The van der Waals surface area contributed by atoms with Gasteiger partial charge in [0.1, 0.15) is 0 Å². The Morgan fingerprint density at radius 2 is 0.968 bits per heavy atom. The van der Waals surface area contributed by atoms with Crippen molar-refractivity contribution in [2.75, 3.05) is 0 Å². The first-order valence-corrected chi connectivity index (χ1v) is 10.1. The van der Waals surface area contributed by atoms with Crippen LogP contribution in [0.5, 0.6) is 0 Å². The second-order valence-corrected chi connectivity index (χ2v) is 7.41. The zero-order chi connectivity index (χ0) is 21.2. The Labute approximate surface area is 179 Å². The van der Waals surface area contributed by atoms with Crippen molar-refractivity contribution >= 4 is 34.0 Å². The van der Waals surface area contributed by atoms with Gasteiger partial charge in [0.25, 0.3) is 0 Å². The van der Waals surface area contributed by atoms with Crippen LogP contribution >= 0.6 is 0 Å². The fourth-order valence-electron chi connectivity index (χ4n) is 4.36. The number of fused-ring (bicyclic) bond motifs is 2. The molecule has 5 aromatic carbocycles. The predicted molar refractivity (Wildman–Crippen MR) is 129 cm³/mol. The van der Waals surface area contributed by atoms with E-state index in [2.05, 4.69) is 46.6 Å². The van der Waals surface area contributed by atoms with Gasteiger partial charge in [0.2, 0.25) is 0 Å². The summed E-state index contributed by atoms with van der Waals surface area (Å²) in [5.74, 6) is 0. The van der Waals surface area contributed by atoms with Crippen LogP contribution in [0.4, 0.5) is 0 Å². The van der Waals surface area contributed by atoms with Gasteiger partial charge >= 0.3 is 6.98 Å². The van der Waals surface area contributed by atoms with E-state index >= 15 is 0 Å². The number of hydrogen-bond donors (Lipinski definition) is 0. The summed E-state index contributed by atoms with van der Waals surface area (Å²) in [6.45, 7) is -1.29. The second kappa shape index (κ2) is 7.96. The Morgan fingerprint density at radius 1 is 0.484 bits per heavy atom. The van der Waals surface area contributed by atoms with E-state index in [-0.39, 0.29) is 0 Å². The molecule has 146 valence electrons. The first-order chi connectivity index (χ1) is 15.3. The van der Waals surface area contributed by atoms with E-state index < -0.39 is 6.98 Å². The molecule has 0 unspecified atom stereocenters. The summed E-state index contributed by atoms with van der Waals surface area (Å²) in [7, 11) is 0. The fraction of sp³-hybridized carbons (Fsp3) is 0. The van der Waals surface area contributed by atoms with Gasteiger partial charge in [-0.15, -0.1) is 0 Å². The van der Waals surface area contributed by atoms with Crippen molar-refractivity contribution in [3.05, 3.63) is 113 Å². The van der Waals surface area contributed by atoms with Crippen molar-refractivity contribution in [1.29, 1.82) is 0 Å². The number of nitrogens with zero attached hydrogens (tertiary/aromatic N) is 2. The zero-order valence-corrected chi connectivity index (χ0v) is 16.6. The highest BCUT2D eigenvalue weighted by Gasteiger charge is 2.28. The number of hydrogen-bond acceptors (Lipinski definition) is 4. The number of rotatable bonds is 5. The lowest BCUT2D eigenvalue weighted by Gasteiger charge is -2.17. The maximum absolute atomic E-state index is 11.4. The van der Waals surface area contributed by atoms with Crippen LogP contribution < -0.4 is 5.46 Å². The van der Waals surface area contributed by atoms with Crippen LogP contribution in [-0.2, 0) is 0 Å². The van der Waals surface area contributed by atoms with Gasteiger partial charge in [-0.1, -0.05) is 107 Å². The van der Waals surface area contributed by atoms with Crippen LogP contribution in [-0.4, -0.2) is 6.98 Å². The standard InChI is InChI=1S/C26H17BN2O2/c30-28-27(29-31)26-23-15-6-4-13-21(23)25(22-14-5-7-16-24(22)26)20-12-8-11-19(17-20)18-9-2-1-3-10-18/h1-17H. The van der Waals surface area contributed by atoms with Crippen molar-refractivity contribution < 1.29 is 0 Å². The summed E-state index contributed by atoms with van der Waals surface area (Å²) in [6.07, 6.45) is 0. The van der Waals surface area contributed by atoms with Gasteiger partial charge in [-0.05, 0) is 55.3 Å². The molecule has 0 saturated heterocycles. The minimum atomic E-state index is -1.29. The minimum Gasteiger partial charge on any atom is -0.164 e. The van der Waals surface area contributed by atoms with Crippen LogP contribution in [0.25, 0.3) is 43.8 Å². The van der Waals surface area contributed by atoms with Gasteiger partial charge in [-0.3, -0.25) is 0 Å². The molecule has 0 fully saturated rings. The molecule has 5 rings (SSSR count). The molecule has 0 aromatic heterocycles. The van der Waals surface area contributed by atoms with Gasteiger partial charge in [-0.25, -0.2) is 0 Å². The lowest BCUT2D eigenvalue weighted by atomic mass is 9.66. The summed E-state index contributed by atoms with van der Waals surface area (Å²) >= 11 is 0. The Hall–Kier alpha value is -4.12. The minimum absolute atomic E-state index is 0.555. The Morgan fingerprint density at radius 3 is 1.55 bits per heavy atom. The molecule has 0 amide bonds. The van der Waals surface area contributed by atoms with Crippen LogP contribution in [0.3, 0.4) is 0 Å². The molecule has 0 radical (unpaired) electrons. The van der Waals surface area contributed by atoms with E-state index in [1.807, 2.05) is 66.7 Å². The van der Waals surface area contributed by atoms with Gasteiger partial charge in [0.05, 0.1) is 0 Å². The largest absolute Gasteiger partial charge is 0.549 e. The highest BCUT2D eigenvalue weighted by molar-refractivity contribution is 6.75. The van der Waals surface area contributed by atoms with Crippen LogP contribution in [0.1, 0.15) is 0 Å². The Kier molecular flexibility index (Phi) is 4.85. The van der Waals surface area contributed by atoms with Crippen LogP contribution in [0, 0.1) is 9.81 Å². The summed E-state index contributed by atoms with van der Waals surface area (Å²) in [6, 6.07) is 34.3. The fourth-order valence-corrected chi connectivity index (χ4v) is 4.36. The molecule has 0 atom stereocenters. The lowest BCUT2D eigenvalue weighted by molar-refractivity contribution is 1.58. The van der Waals surface area contributed by atoms with Gasteiger partial charge in [-0.2, -0.15) is 9.81 Å². The van der Waals surface area contributed by atoms with Crippen LogP contribution in [0.2, 0.25) is 0 Å². The summed E-state index contributed by atoms with van der Waals surface area (Å²) < 4.78 is 0. The summed E-state index contributed by atoms with van der Waals surface area (Å²) in [4.78, 5) is 22.9. The molecule has 4 nitrogen and oxygen atoms in total. The SMILES string of the molecule is O=NB(N=O)c1c2ccccc2c(-c2cccc(-c3ccccc3)c2)c2ccccc12. The first-order valence-electron chi connectivity index (χ1n) is 10.1. The lowest BCUT2D eigenvalue weighted by Crippen LogP contribution is -2.27. The number of benzene rings is 5. The third-order valence-electron chi connectivity index (χ3n) is 5.69. The molecule has 0 heterocycles. The highest BCUT2D eigenvalue weighted by atomic mass is 16.3. The smallest absolute Gasteiger partial charge is 0.164 e. The molecule has 31 heavy (non-hydrogen) atoms. The predicted octanol–water partition coefficient (Wildman–Crippen LogP) is 6.56. The summed E-state index contributed by atoms with van der Waals surface area (Å²) in [5, 5.41) is 9.54. The molecule has 5 aromatic rings. The average molecular weight is 400 g/mol. The Balaban J connectivity index is 1.88. The van der Waals surface area contributed by atoms with E-state index in [1.54, 1.807) is 0 Å². The molecule has 0 aliphatic heterocycles. The van der Waals surface area contributed by atoms with E-state index in [9.17, 15) is 9.81 Å². The molecule has 0 saturated carbocycles. The maximum Gasteiger partial charge on any atom is 0.549 e. The molecular weight excluding hydrogens is 383 g/mol. The number of nitroso groups, excluding NO2 is 2. The van der Waals surface area contributed by atoms with Gasteiger partial charge in [0.15, 0.2) is 0 Å². The van der Waals surface area contributed by atoms with E-state index in [0.29, 0.717) is 5.46 Å². The third kappa shape index (κ3) is 3.20. The molecular formula is C26H17BN2O2. The molecule has 0 N–H and O–H groups in total. The zero-order valence-electron chi connectivity index (χ0n) is 16.6. The second-order valence-electron chi connectivity index (χ2n) is 7.41. The monoisotopic (exact) mass is 400 g/mol. The third-order valence-corrected chi connectivity index (χ3v) is 5.69. The van der Waals surface area contributed by atoms with Crippen molar-refractivity contribution in [3.63, 3.8) is 0 Å². The molecule has 0 spiro atoms.